The van der Waals surface area contributed by atoms with Crippen molar-refractivity contribution in [3.8, 4) is 17.2 Å². The second kappa shape index (κ2) is 17.7. The zero-order valence-electron chi connectivity index (χ0n) is 36.8. The minimum absolute atomic E-state index is 0.0939. The van der Waals surface area contributed by atoms with Crippen LogP contribution in [0, 0.1) is 21.7 Å². The number of benzene rings is 3. The average molecular weight is 1030 g/mol. The highest BCUT2D eigenvalue weighted by Gasteiger charge is 2.41. The Morgan fingerprint density at radius 3 is 2.50 bits per heavy atom. The normalized spacial score (nSPS) is 16.1. The molecule has 3 N–H and O–H groups in total. The molecule has 4 aromatic heterocycles. The van der Waals surface area contributed by atoms with Gasteiger partial charge in [0.25, 0.3) is 11.1 Å². The molecule has 0 radical (unpaired) electrons. The highest BCUT2D eigenvalue weighted by atomic mass is 127. The quantitative estimate of drug-likeness (QED) is 0.0753. The highest BCUT2D eigenvalue weighted by Crippen LogP contribution is 2.43. The summed E-state index contributed by atoms with van der Waals surface area (Å²) in [5.74, 6) is 1.72. The largest absolute Gasteiger partial charge is 0.497 e. The number of aromatic amines is 1. The van der Waals surface area contributed by atoms with Crippen LogP contribution in [0.1, 0.15) is 50.1 Å². The molecule has 10 rings (SSSR count). The predicted molar refractivity (Wildman–Crippen MR) is 265 cm³/mol. The lowest BCUT2D eigenvalue weighted by atomic mass is 9.78. The van der Waals surface area contributed by atoms with Crippen molar-refractivity contribution in [3.05, 3.63) is 124 Å². The van der Waals surface area contributed by atoms with Gasteiger partial charge in [-0.25, -0.2) is 19.2 Å². The first kappa shape index (κ1) is 43.9. The molecule has 0 unspecified atom stereocenters. The Morgan fingerprint density at radius 2 is 1.73 bits per heavy atom. The van der Waals surface area contributed by atoms with Gasteiger partial charge in [-0.3, -0.25) is 23.3 Å². The number of H-pyrrole nitrogens is 1. The molecule has 2 saturated heterocycles. The summed E-state index contributed by atoms with van der Waals surface area (Å²) in [6.45, 7) is 7.05. The van der Waals surface area contributed by atoms with Gasteiger partial charge >= 0.3 is 5.69 Å². The number of rotatable bonds is 13. The molecular weight excluding hydrogens is 978 g/mol. The fourth-order valence-corrected chi connectivity index (χ4v) is 10.4. The number of methoxy groups -OCH3 is 1. The molecule has 1 aliphatic carbocycles. The molecule has 3 aromatic carbocycles. The molecule has 3 fully saturated rings. The van der Waals surface area contributed by atoms with E-state index in [9.17, 15) is 14.4 Å². The van der Waals surface area contributed by atoms with Crippen LogP contribution in [0.2, 0.25) is 5.02 Å². The number of hydrogen-bond donors (Lipinski definition) is 3. The van der Waals surface area contributed by atoms with E-state index in [1.54, 1.807) is 56.9 Å². The molecule has 66 heavy (non-hydrogen) atoms. The first-order valence-electron chi connectivity index (χ1n) is 22.2. The molecule has 0 atom stereocenters. The summed E-state index contributed by atoms with van der Waals surface area (Å²) in [5.41, 5.74) is 1.75. The maximum atomic E-state index is 15.2. The summed E-state index contributed by atoms with van der Waals surface area (Å²) < 4.78 is 31.9. The van der Waals surface area contributed by atoms with Gasteiger partial charge in [-0.1, -0.05) is 17.7 Å². The number of aryl methyl sites for hydroxylation is 1. The summed E-state index contributed by atoms with van der Waals surface area (Å²) in [4.78, 5) is 59.6. The van der Waals surface area contributed by atoms with Crippen molar-refractivity contribution in [3.63, 3.8) is 0 Å². The van der Waals surface area contributed by atoms with Gasteiger partial charge in [0.05, 0.1) is 41.0 Å². The van der Waals surface area contributed by atoms with E-state index in [0.717, 1.165) is 75.3 Å². The molecule has 3 aliphatic rings. The van der Waals surface area contributed by atoms with Gasteiger partial charge in [0.15, 0.2) is 0 Å². The van der Waals surface area contributed by atoms with Gasteiger partial charge in [0.2, 0.25) is 0 Å². The molecule has 1 spiro atoms. The second-order valence-corrected chi connectivity index (χ2v) is 19.3. The topological polar surface area (TPSA) is 157 Å². The standard InChI is InChI=1S/C48H49ClFIN10O5/c1-28-41-40(44(57(2)45(28)62)56-38-11-8-29(51)20-37(38)50)46(63)61(32-9-10-32)47(64)60(41)33-7-4-6-30(21-33)55-31-22-34(65-3)24-35(23-31)66-19-5-15-58-16-12-48(13-17-58)14-18-59(26-48)43-39-36(49)25-52-42(39)53-27-54-43/h4,6-8,11,20-25,27,32,55-56H,5,9-10,12-19,26H2,1-3H3,(H,52,53,54). The zero-order chi connectivity index (χ0) is 45.9. The number of piperidine rings is 1. The summed E-state index contributed by atoms with van der Waals surface area (Å²) in [5, 5.41) is 8.13. The van der Waals surface area contributed by atoms with Crippen molar-refractivity contribution >= 4 is 84.8 Å². The maximum Gasteiger partial charge on any atom is 0.336 e. The van der Waals surface area contributed by atoms with Gasteiger partial charge < -0.3 is 34.9 Å². The van der Waals surface area contributed by atoms with Gasteiger partial charge in [-0.15, -0.1) is 0 Å². The minimum Gasteiger partial charge on any atom is -0.497 e. The third kappa shape index (κ3) is 8.29. The van der Waals surface area contributed by atoms with Crippen molar-refractivity contribution in [2.75, 3.05) is 62.0 Å². The Bertz CT molecular complexity index is 3210. The number of nitrogens with zero attached hydrogens (tertiary/aromatic N) is 7. The van der Waals surface area contributed by atoms with E-state index in [1.165, 1.54) is 26.8 Å². The third-order valence-electron chi connectivity index (χ3n) is 13.4. The highest BCUT2D eigenvalue weighted by molar-refractivity contribution is 14.1. The Labute approximate surface area is 397 Å². The van der Waals surface area contributed by atoms with Crippen LogP contribution in [0.5, 0.6) is 11.5 Å². The monoisotopic (exact) mass is 1030 g/mol. The van der Waals surface area contributed by atoms with Crippen molar-refractivity contribution in [2.45, 2.75) is 51.5 Å². The lowest BCUT2D eigenvalue weighted by Crippen LogP contribution is -2.42. The molecule has 342 valence electrons. The second-order valence-electron chi connectivity index (χ2n) is 17.7. The zero-order valence-corrected chi connectivity index (χ0v) is 39.7. The van der Waals surface area contributed by atoms with Crippen LogP contribution in [0.3, 0.4) is 0 Å². The van der Waals surface area contributed by atoms with E-state index in [0.29, 0.717) is 56.6 Å². The van der Waals surface area contributed by atoms with Gasteiger partial charge in [-0.2, -0.15) is 0 Å². The number of hydrogen-bond acceptors (Lipinski definition) is 11. The molecule has 7 aromatic rings. The molecular formula is C48H49ClFIN10O5. The van der Waals surface area contributed by atoms with Crippen molar-refractivity contribution in [2.24, 2.45) is 12.5 Å². The number of ether oxygens (including phenoxy) is 2. The fraction of sp³-hybridized carbons (Fsp3) is 0.354. The van der Waals surface area contributed by atoms with E-state index in [2.05, 4.69) is 35.4 Å². The van der Waals surface area contributed by atoms with Gasteiger partial charge in [0, 0.05) is 77.6 Å². The predicted octanol–water partition coefficient (Wildman–Crippen LogP) is 8.42. The molecule has 18 heteroatoms. The molecule has 1 saturated carbocycles. The fourth-order valence-electron chi connectivity index (χ4n) is 9.71. The smallest absolute Gasteiger partial charge is 0.336 e. The van der Waals surface area contributed by atoms with Crippen LogP contribution in [-0.2, 0) is 7.05 Å². The van der Waals surface area contributed by atoms with Crippen LogP contribution in [0.25, 0.3) is 27.6 Å². The number of anilines is 5. The number of fused-ring (bicyclic) bond motifs is 2. The Balaban J connectivity index is 0.841. The van der Waals surface area contributed by atoms with Crippen LogP contribution in [-0.4, -0.2) is 80.0 Å². The van der Waals surface area contributed by atoms with Gasteiger partial charge in [0.1, 0.15) is 46.3 Å². The number of halogens is 3. The summed E-state index contributed by atoms with van der Waals surface area (Å²) in [6.07, 6.45) is 8.97. The van der Waals surface area contributed by atoms with E-state index >= 15 is 4.39 Å². The summed E-state index contributed by atoms with van der Waals surface area (Å²) in [7, 11) is 3.14. The van der Waals surface area contributed by atoms with Crippen LogP contribution in [0.4, 0.5) is 33.1 Å². The van der Waals surface area contributed by atoms with Crippen LogP contribution < -0.4 is 41.8 Å². The van der Waals surface area contributed by atoms with Crippen molar-refractivity contribution in [1.29, 1.82) is 0 Å². The molecule has 0 bridgehead atoms. The number of aromatic nitrogens is 6. The lowest BCUT2D eigenvalue weighted by Gasteiger charge is -2.39. The summed E-state index contributed by atoms with van der Waals surface area (Å²) >= 11 is 8.52. The van der Waals surface area contributed by atoms with E-state index < -0.39 is 22.6 Å². The average Bonchev–Trinajstić information content (AvgIpc) is 3.95. The Hall–Kier alpha value is -5.92. The maximum absolute atomic E-state index is 15.2. The van der Waals surface area contributed by atoms with Crippen molar-refractivity contribution in [1.82, 2.24) is 33.6 Å². The molecule has 2 aliphatic heterocycles. The molecule has 0 amide bonds. The van der Waals surface area contributed by atoms with Crippen LogP contribution in [0.15, 0.2) is 87.6 Å². The van der Waals surface area contributed by atoms with E-state index in [1.807, 2.05) is 46.9 Å². The Morgan fingerprint density at radius 1 is 0.939 bits per heavy atom. The van der Waals surface area contributed by atoms with E-state index in [4.69, 9.17) is 21.1 Å². The van der Waals surface area contributed by atoms with Crippen molar-refractivity contribution < 1.29 is 13.9 Å². The van der Waals surface area contributed by atoms with E-state index in [-0.39, 0.29) is 39.4 Å². The third-order valence-corrected chi connectivity index (χ3v) is 14.4. The van der Waals surface area contributed by atoms with Gasteiger partial charge in [-0.05, 0) is 123 Å². The number of pyridine rings is 1. The number of nitrogens with one attached hydrogen (secondary N) is 3. The molecule has 6 heterocycles. The minimum atomic E-state index is -0.552. The summed E-state index contributed by atoms with van der Waals surface area (Å²) in [6, 6.07) is 17.2. The SMILES string of the molecule is COc1cc(Nc2cccc(-n3c(=O)n(C4CC4)c(=O)c4c(Nc5ccc(I)cc5F)n(C)c(=O)c(C)c43)c2)cc(OCCCN2CCC3(CC2)CCN(c2ncnc4[nH]cc(Cl)c24)C3)c1. The molecule has 15 nitrogen and oxygen atoms in total. The number of likely N-dealkylation sites (tertiary alicyclic amines) is 1. The Kier molecular flexibility index (Phi) is 11.8. The lowest BCUT2D eigenvalue weighted by molar-refractivity contribution is 0.114. The van der Waals surface area contributed by atoms with Crippen LogP contribution >= 0.6 is 34.2 Å². The first-order valence-corrected chi connectivity index (χ1v) is 23.6. The first-order chi connectivity index (χ1) is 31.9.